The van der Waals surface area contributed by atoms with Gasteiger partial charge in [0.25, 0.3) is 5.91 Å². The summed E-state index contributed by atoms with van der Waals surface area (Å²) in [4.78, 5) is 41.4. The number of amides is 3. The van der Waals surface area contributed by atoms with Crippen LogP contribution in [-0.2, 0) is 9.53 Å². The fourth-order valence-electron chi connectivity index (χ4n) is 4.04. The summed E-state index contributed by atoms with van der Waals surface area (Å²) < 4.78 is 5.26. The first kappa shape index (κ1) is 22.1. The van der Waals surface area contributed by atoms with Crippen LogP contribution < -0.4 is 5.32 Å². The van der Waals surface area contributed by atoms with E-state index in [1.807, 2.05) is 4.90 Å². The van der Waals surface area contributed by atoms with Gasteiger partial charge in [-0.15, -0.1) is 0 Å². The quantitative estimate of drug-likeness (QED) is 0.812. The molecule has 2 heterocycles. The molecule has 2 aliphatic heterocycles. The summed E-state index contributed by atoms with van der Waals surface area (Å²) in [6.45, 7) is 8.29. The number of ether oxygens (including phenoxy) is 1. The van der Waals surface area contributed by atoms with Crippen LogP contribution in [0.4, 0.5) is 10.5 Å². The Morgan fingerprint density at radius 3 is 2.27 bits per heavy atom. The second kappa shape index (κ2) is 9.49. The van der Waals surface area contributed by atoms with Crippen molar-refractivity contribution in [2.45, 2.75) is 58.5 Å². The molecule has 0 bridgehead atoms. The van der Waals surface area contributed by atoms with E-state index in [1.165, 1.54) is 6.42 Å². The first-order valence-corrected chi connectivity index (χ1v) is 10.9. The SMILES string of the molecule is CC(C)(C)OC(=O)Nc1cccc(C(=O)N2CCC(C(=O)N3CCCCC3)CC2)c1. The summed E-state index contributed by atoms with van der Waals surface area (Å²) in [6, 6.07) is 6.88. The second-order valence-corrected chi connectivity index (χ2v) is 9.16. The lowest BCUT2D eigenvalue weighted by Gasteiger charge is -2.35. The maximum atomic E-state index is 12.9. The molecule has 3 rings (SSSR count). The highest BCUT2D eigenvalue weighted by atomic mass is 16.6. The van der Waals surface area contributed by atoms with E-state index in [2.05, 4.69) is 5.32 Å². The second-order valence-electron chi connectivity index (χ2n) is 9.16. The van der Waals surface area contributed by atoms with Gasteiger partial charge in [0.05, 0.1) is 0 Å². The van der Waals surface area contributed by atoms with Gasteiger partial charge >= 0.3 is 6.09 Å². The van der Waals surface area contributed by atoms with Crippen molar-refractivity contribution in [2.75, 3.05) is 31.5 Å². The highest BCUT2D eigenvalue weighted by Gasteiger charge is 2.31. The third-order valence-corrected chi connectivity index (χ3v) is 5.55. The Bertz CT molecular complexity index is 773. The van der Waals surface area contributed by atoms with Crippen molar-refractivity contribution < 1.29 is 19.1 Å². The lowest BCUT2D eigenvalue weighted by molar-refractivity contribution is -0.137. The van der Waals surface area contributed by atoms with Crippen LogP contribution in [0.3, 0.4) is 0 Å². The average molecular weight is 416 g/mol. The molecule has 0 aromatic heterocycles. The van der Waals surface area contributed by atoms with Crippen LogP contribution >= 0.6 is 0 Å². The van der Waals surface area contributed by atoms with Crippen LogP contribution in [0.15, 0.2) is 24.3 Å². The number of likely N-dealkylation sites (tertiary alicyclic amines) is 2. The molecule has 0 atom stereocenters. The normalized spacial score (nSPS) is 18.1. The Balaban J connectivity index is 1.54. The van der Waals surface area contributed by atoms with Crippen molar-refractivity contribution in [1.29, 1.82) is 0 Å². The minimum absolute atomic E-state index is 0.0207. The van der Waals surface area contributed by atoms with E-state index in [9.17, 15) is 14.4 Å². The predicted molar refractivity (Wildman–Crippen MR) is 115 cm³/mol. The molecule has 1 aromatic carbocycles. The molecule has 0 unspecified atom stereocenters. The summed E-state index contributed by atoms with van der Waals surface area (Å²) in [5, 5.41) is 2.67. The van der Waals surface area contributed by atoms with Crippen molar-refractivity contribution in [3.8, 4) is 0 Å². The fraction of sp³-hybridized carbons (Fsp3) is 0.609. The summed E-state index contributed by atoms with van der Waals surface area (Å²) in [5.41, 5.74) is 0.447. The minimum Gasteiger partial charge on any atom is -0.444 e. The van der Waals surface area contributed by atoms with Crippen molar-refractivity contribution in [3.63, 3.8) is 0 Å². The largest absolute Gasteiger partial charge is 0.444 e. The maximum Gasteiger partial charge on any atom is 0.412 e. The number of hydrogen-bond donors (Lipinski definition) is 1. The number of nitrogens with zero attached hydrogens (tertiary/aromatic N) is 2. The van der Waals surface area contributed by atoms with Crippen LogP contribution in [0.5, 0.6) is 0 Å². The molecule has 2 fully saturated rings. The molecule has 2 aliphatic rings. The lowest BCUT2D eigenvalue weighted by Crippen LogP contribution is -2.45. The summed E-state index contributed by atoms with van der Waals surface area (Å²) in [7, 11) is 0. The highest BCUT2D eigenvalue weighted by Crippen LogP contribution is 2.24. The van der Waals surface area contributed by atoms with Crippen molar-refractivity contribution in [3.05, 3.63) is 29.8 Å². The van der Waals surface area contributed by atoms with Gasteiger partial charge in [-0.05, 0) is 71.1 Å². The van der Waals surface area contributed by atoms with Crippen LogP contribution in [0.1, 0.15) is 63.2 Å². The predicted octanol–water partition coefficient (Wildman–Crippen LogP) is 3.90. The van der Waals surface area contributed by atoms with Gasteiger partial charge in [0, 0.05) is 43.3 Å². The number of carbonyl (C=O) groups excluding carboxylic acids is 3. The van der Waals surface area contributed by atoms with Gasteiger partial charge < -0.3 is 14.5 Å². The van der Waals surface area contributed by atoms with Crippen LogP contribution in [0.2, 0.25) is 0 Å². The van der Waals surface area contributed by atoms with Crippen molar-refractivity contribution >= 4 is 23.6 Å². The standard InChI is InChI=1S/C23H33N3O4/c1-23(2,3)30-22(29)24-19-9-7-8-18(16-19)21(28)26-14-10-17(11-15-26)20(27)25-12-5-4-6-13-25/h7-9,16-17H,4-6,10-15H2,1-3H3,(H,24,29). The molecule has 0 radical (unpaired) electrons. The zero-order valence-corrected chi connectivity index (χ0v) is 18.3. The molecule has 3 amide bonds. The van der Waals surface area contributed by atoms with Gasteiger partial charge in [-0.25, -0.2) is 4.79 Å². The van der Waals surface area contributed by atoms with Gasteiger partial charge in [-0.1, -0.05) is 6.07 Å². The Labute approximate surface area is 178 Å². The fourth-order valence-corrected chi connectivity index (χ4v) is 4.04. The molecule has 30 heavy (non-hydrogen) atoms. The van der Waals surface area contributed by atoms with E-state index in [0.717, 1.165) is 25.9 Å². The molecule has 0 spiro atoms. The summed E-state index contributed by atoms with van der Waals surface area (Å²) >= 11 is 0. The van der Waals surface area contributed by atoms with Crippen molar-refractivity contribution in [2.24, 2.45) is 5.92 Å². The molecule has 164 valence electrons. The highest BCUT2D eigenvalue weighted by molar-refractivity contribution is 5.96. The summed E-state index contributed by atoms with van der Waals surface area (Å²) in [6.07, 6.45) is 4.25. The molecule has 0 saturated carbocycles. The monoisotopic (exact) mass is 415 g/mol. The zero-order chi connectivity index (χ0) is 21.7. The molecule has 1 aromatic rings. The van der Waals surface area contributed by atoms with Crippen molar-refractivity contribution in [1.82, 2.24) is 9.80 Å². The van der Waals surface area contributed by atoms with E-state index in [-0.39, 0.29) is 17.7 Å². The zero-order valence-electron chi connectivity index (χ0n) is 18.3. The van der Waals surface area contributed by atoms with E-state index in [4.69, 9.17) is 4.74 Å². The molecule has 1 N–H and O–H groups in total. The van der Waals surface area contributed by atoms with E-state index in [1.54, 1.807) is 49.9 Å². The van der Waals surface area contributed by atoms with Gasteiger partial charge in [-0.3, -0.25) is 14.9 Å². The Morgan fingerprint density at radius 2 is 1.63 bits per heavy atom. The molecule has 0 aliphatic carbocycles. The number of anilines is 1. The number of benzene rings is 1. The van der Waals surface area contributed by atoms with E-state index < -0.39 is 11.7 Å². The number of hydrogen-bond acceptors (Lipinski definition) is 4. The molecular weight excluding hydrogens is 382 g/mol. The number of nitrogens with one attached hydrogen (secondary N) is 1. The van der Waals surface area contributed by atoms with E-state index in [0.29, 0.717) is 37.2 Å². The molecule has 7 heteroatoms. The Hall–Kier alpha value is -2.57. The van der Waals surface area contributed by atoms with Crippen LogP contribution in [0, 0.1) is 5.92 Å². The third kappa shape index (κ3) is 5.97. The Morgan fingerprint density at radius 1 is 0.967 bits per heavy atom. The van der Waals surface area contributed by atoms with Gasteiger partial charge in [0.15, 0.2) is 0 Å². The van der Waals surface area contributed by atoms with E-state index >= 15 is 0 Å². The first-order valence-electron chi connectivity index (χ1n) is 10.9. The third-order valence-electron chi connectivity index (χ3n) is 5.55. The van der Waals surface area contributed by atoms with Crippen LogP contribution in [0.25, 0.3) is 0 Å². The number of piperidine rings is 2. The topological polar surface area (TPSA) is 79.0 Å². The Kier molecular flexibility index (Phi) is 7.00. The smallest absolute Gasteiger partial charge is 0.412 e. The number of carbonyl (C=O) groups is 3. The van der Waals surface area contributed by atoms with Gasteiger partial charge in [0.1, 0.15) is 5.60 Å². The van der Waals surface area contributed by atoms with Gasteiger partial charge in [-0.2, -0.15) is 0 Å². The molecule has 2 saturated heterocycles. The maximum absolute atomic E-state index is 12.9. The minimum atomic E-state index is -0.590. The number of rotatable bonds is 3. The lowest BCUT2D eigenvalue weighted by atomic mass is 9.94. The molecule has 7 nitrogen and oxygen atoms in total. The summed E-state index contributed by atoms with van der Waals surface area (Å²) in [5.74, 6) is 0.199. The average Bonchev–Trinajstić information content (AvgIpc) is 2.72. The first-order chi connectivity index (χ1) is 14.2. The van der Waals surface area contributed by atoms with Gasteiger partial charge in [0.2, 0.25) is 5.91 Å². The van der Waals surface area contributed by atoms with Crippen LogP contribution in [-0.4, -0.2) is 59.5 Å². The molecular formula is C23H33N3O4.